The van der Waals surface area contributed by atoms with Gasteiger partial charge in [0.2, 0.25) is 0 Å². The van der Waals surface area contributed by atoms with Crippen molar-refractivity contribution in [2.75, 3.05) is 0 Å². The molecule has 94 valence electrons. The van der Waals surface area contributed by atoms with E-state index in [2.05, 4.69) is 24.5 Å². The summed E-state index contributed by atoms with van der Waals surface area (Å²) in [6.07, 6.45) is 7.78. The fraction of sp³-hybridized carbons (Fsp3) is 0.733. The lowest BCUT2D eigenvalue weighted by atomic mass is 9.93. The Labute approximate surface area is 104 Å². The molecule has 2 aliphatic carbocycles. The number of aromatic nitrogens is 1. The number of hydrogen-bond acceptors (Lipinski definition) is 1. The highest BCUT2D eigenvalue weighted by atomic mass is 15.0. The molecular weight excluding hydrogens is 208 g/mol. The zero-order valence-electron chi connectivity index (χ0n) is 11.1. The van der Waals surface area contributed by atoms with Crippen LogP contribution in [-0.4, -0.2) is 4.57 Å². The fourth-order valence-electron chi connectivity index (χ4n) is 3.88. The molecule has 3 unspecified atom stereocenters. The van der Waals surface area contributed by atoms with Crippen molar-refractivity contribution in [3.05, 3.63) is 23.0 Å². The molecule has 1 aromatic rings. The molecule has 0 amide bonds. The highest BCUT2D eigenvalue weighted by molar-refractivity contribution is 5.33. The number of rotatable bonds is 1. The quantitative estimate of drug-likeness (QED) is 0.789. The molecule has 1 heterocycles. The van der Waals surface area contributed by atoms with E-state index >= 15 is 0 Å². The first-order valence-electron chi connectivity index (χ1n) is 7.13. The molecule has 1 saturated carbocycles. The molecule has 0 aliphatic heterocycles. The van der Waals surface area contributed by atoms with E-state index < -0.39 is 0 Å². The van der Waals surface area contributed by atoms with Crippen molar-refractivity contribution in [2.24, 2.45) is 11.7 Å². The van der Waals surface area contributed by atoms with Gasteiger partial charge in [0.1, 0.15) is 0 Å². The first-order valence-corrected chi connectivity index (χ1v) is 7.13. The average Bonchev–Trinajstić information content (AvgIpc) is 2.82. The smallest absolute Gasteiger partial charge is 0.0338 e. The van der Waals surface area contributed by atoms with Crippen molar-refractivity contribution in [1.29, 1.82) is 0 Å². The van der Waals surface area contributed by atoms with E-state index in [1.165, 1.54) is 43.4 Å². The van der Waals surface area contributed by atoms with E-state index in [0.29, 0.717) is 0 Å². The third kappa shape index (κ3) is 1.83. The maximum atomic E-state index is 6.24. The summed E-state index contributed by atoms with van der Waals surface area (Å²) in [7, 11) is 0. The Bertz CT molecular complexity index is 419. The lowest BCUT2D eigenvalue weighted by Crippen LogP contribution is -2.19. The molecule has 1 fully saturated rings. The second kappa shape index (κ2) is 4.16. The predicted octanol–water partition coefficient (Wildman–Crippen LogP) is 3.49. The molecule has 2 aliphatic rings. The van der Waals surface area contributed by atoms with Gasteiger partial charge < -0.3 is 10.3 Å². The summed E-state index contributed by atoms with van der Waals surface area (Å²) >= 11 is 0. The van der Waals surface area contributed by atoms with Crippen LogP contribution in [0.1, 0.15) is 68.1 Å². The van der Waals surface area contributed by atoms with Crippen LogP contribution in [0.15, 0.2) is 6.07 Å². The first-order chi connectivity index (χ1) is 8.16. The Kier molecular flexibility index (Phi) is 2.78. The van der Waals surface area contributed by atoms with Gasteiger partial charge in [-0.15, -0.1) is 0 Å². The van der Waals surface area contributed by atoms with Gasteiger partial charge in [-0.3, -0.25) is 0 Å². The minimum Gasteiger partial charge on any atom is -0.346 e. The standard InChI is InChI=1S/C15H24N2/c1-10-6-7-12(8-10)17-11(2)9-13-14(16)4-3-5-15(13)17/h9-10,12,14H,3-8,16H2,1-2H3. The number of nitrogens with zero attached hydrogens (tertiary/aromatic N) is 1. The summed E-state index contributed by atoms with van der Waals surface area (Å²) in [5, 5.41) is 0. The van der Waals surface area contributed by atoms with Crippen LogP contribution in [0.2, 0.25) is 0 Å². The van der Waals surface area contributed by atoms with Crippen molar-refractivity contribution in [1.82, 2.24) is 4.57 Å². The molecule has 0 bridgehead atoms. The van der Waals surface area contributed by atoms with Crippen molar-refractivity contribution < 1.29 is 0 Å². The number of nitrogens with two attached hydrogens (primary N) is 1. The first kappa shape index (κ1) is 11.3. The molecule has 3 rings (SSSR count). The third-order valence-electron chi connectivity index (χ3n) is 4.73. The maximum Gasteiger partial charge on any atom is 0.0338 e. The van der Waals surface area contributed by atoms with Crippen molar-refractivity contribution in [3.8, 4) is 0 Å². The van der Waals surface area contributed by atoms with Crippen molar-refractivity contribution >= 4 is 0 Å². The van der Waals surface area contributed by atoms with Gasteiger partial charge in [-0.05, 0) is 63.0 Å². The van der Waals surface area contributed by atoms with Gasteiger partial charge in [0, 0.05) is 23.5 Å². The van der Waals surface area contributed by atoms with E-state index in [1.807, 2.05) is 0 Å². The minimum atomic E-state index is 0.289. The molecule has 3 atom stereocenters. The van der Waals surface area contributed by atoms with Crippen molar-refractivity contribution in [2.45, 2.75) is 64.5 Å². The lowest BCUT2D eigenvalue weighted by Gasteiger charge is -2.24. The number of aryl methyl sites for hydroxylation is 1. The molecule has 17 heavy (non-hydrogen) atoms. The van der Waals surface area contributed by atoms with Crippen LogP contribution in [0.5, 0.6) is 0 Å². The van der Waals surface area contributed by atoms with Crippen molar-refractivity contribution in [3.63, 3.8) is 0 Å². The third-order valence-corrected chi connectivity index (χ3v) is 4.73. The monoisotopic (exact) mass is 232 g/mol. The molecule has 0 spiro atoms. The summed E-state index contributed by atoms with van der Waals surface area (Å²) in [5.41, 5.74) is 10.7. The highest BCUT2D eigenvalue weighted by Gasteiger charge is 2.29. The second-order valence-electron chi connectivity index (χ2n) is 6.13. The number of hydrogen-bond donors (Lipinski definition) is 1. The molecule has 2 N–H and O–H groups in total. The van der Waals surface area contributed by atoms with Crippen LogP contribution in [0.3, 0.4) is 0 Å². The SMILES string of the molecule is Cc1cc2c(n1C1CCC(C)C1)CCCC2N. The molecule has 1 aromatic heterocycles. The lowest BCUT2D eigenvalue weighted by molar-refractivity contribution is 0.454. The van der Waals surface area contributed by atoms with E-state index in [-0.39, 0.29) is 6.04 Å². The van der Waals surface area contributed by atoms with Gasteiger partial charge in [-0.1, -0.05) is 6.92 Å². The van der Waals surface area contributed by atoms with Crippen LogP contribution in [0, 0.1) is 12.8 Å². The molecule has 2 nitrogen and oxygen atoms in total. The molecule has 2 heteroatoms. The topological polar surface area (TPSA) is 30.9 Å². The van der Waals surface area contributed by atoms with Crippen LogP contribution in [0.25, 0.3) is 0 Å². The summed E-state index contributed by atoms with van der Waals surface area (Å²) in [6.45, 7) is 4.64. The van der Waals surface area contributed by atoms with E-state index in [1.54, 1.807) is 5.69 Å². The van der Waals surface area contributed by atoms with E-state index in [4.69, 9.17) is 5.73 Å². The van der Waals surface area contributed by atoms with E-state index in [0.717, 1.165) is 18.4 Å². The summed E-state index contributed by atoms with van der Waals surface area (Å²) in [5.74, 6) is 0.898. The van der Waals surface area contributed by atoms with Gasteiger partial charge in [0.05, 0.1) is 0 Å². The Hall–Kier alpha value is -0.760. The molecular formula is C15H24N2. The van der Waals surface area contributed by atoms with Gasteiger partial charge in [-0.2, -0.15) is 0 Å². The zero-order valence-corrected chi connectivity index (χ0v) is 11.1. The summed E-state index contributed by atoms with van der Waals surface area (Å²) in [6, 6.07) is 3.39. The van der Waals surface area contributed by atoms with Gasteiger partial charge >= 0.3 is 0 Å². The fourth-order valence-corrected chi connectivity index (χ4v) is 3.88. The Morgan fingerprint density at radius 3 is 2.82 bits per heavy atom. The Balaban J connectivity index is 1.99. The Morgan fingerprint density at radius 1 is 1.29 bits per heavy atom. The molecule has 0 aromatic carbocycles. The second-order valence-corrected chi connectivity index (χ2v) is 6.13. The molecule has 0 saturated heterocycles. The van der Waals surface area contributed by atoms with Crippen LogP contribution < -0.4 is 5.73 Å². The van der Waals surface area contributed by atoms with Crippen LogP contribution in [-0.2, 0) is 6.42 Å². The Morgan fingerprint density at radius 2 is 2.12 bits per heavy atom. The number of fused-ring (bicyclic) bond motifs is 1. The van der Waals surface area contributed by atoms with Gasteiger partial charge in [-0.25, -0.2) is 0 Å². The van der Waals surface area contributed by atoms with E-state index in [9.17, 15) is 0 Å². The summed E-state index contributed by atoms with van der Waals surface area (Å²) < 4.78 is 2.62. The maximum absolute atomic E-state index is 6.24. The predicted molar refractivity (Wildman–Crippen MR) is 71.1 cm³/mol. The minimum absolute atomic E-state index is 0.289. The summed E-state index contributed by atoms with van der Waals surface area (Å²) in [4.78, 5) is 0. The van der Waals surface area contributed by atoms with Crippen LogP contribution >= 0.6 is 0 Å². The highest BCUT2D eigenvalue weighted by Crippen LogP contribution is 2.40. The molecule has 0 radical (unpaired) electrons. The van der Waals surface area contributed by atoms with Gasteiger partial charge in [0.15, 0.2) is 0 Å². The normalized spacial score (nSPS) is 32.8. The zero-order chi connectivity index (χ0) is 12.0. The van der Waals surface area contributed by atoms with Crippen LogP contribution in [0.4, 0.5) is 0 Å². The average molecular weight is 232 g/mol. The van der Waals surface area contributed by atoms with Gasteiger partial charge in [0.25, 0.3) is 0 Å². The largest absolute Gasteiger partial charge is 0.346 e.